The molecular weight excluding hydrogens is 664 g/mol. The minimum atomic E-state index is -1.11. The van der Waals surface area contributed by atoms with Crippen molar-refractivity contribution in [2.45, 2.75) is 65.0 Å². The standard InChI is InChI=1S/C34H44N8O9/c1-5-50-32(48)26-17-21(31(47)42(26)33(49)51-34(2,3)4)7-6-8-27(43)36-19-29(45)37-20-30(46)39-23-11-15-25(16-12-23)41-40-24-13-9-22(10-14-24)38-28(44)18-35/h9-16,21,26H,5-8,17-20,35H2,1-4H3,(H,36,43)(H,37,45)(H,38,44)(H,39,46)/b41-40+. The van der Waals surface area contributed by atoms with Crippen LogP contribution in [0.25, 0.3) is 0 Å². The Kier molecular flexibility index (Phi) is 14.7. The lowest BCUT2D eigenvalue weighted by Gasteiger charge is -2.26. The molecule has 1 aliphatic heterocycles. The molecule has 17 heteroatoms. The van der Waals surface area contributed by atoms with Crippen LogP contribution in [-0.2, 0) is 38.2 Å². The third-order valence-electron chi connectivity index (χ3n) is 7.17. The number of hydrogen-bond donors (Lipinski definition) is 5. The zero-order valence-electron chi connectivity index (χ0n) is 29.0. The Hall–Kier alpha value is -5.71. The predicted octanol–water partition coefficient (Wildman–Crippen LogP) is 3.06. The highest BCUT2D eigenvalue weighted by Crippen LogP contribution is 2.31. The van der Waals surface area contributed by atoms with Crippen LogP contribution in [0.2, 0.25) is 0 Å². The summed E-state index contributed by atoms with van der Waals surface area (Å²) in [5.41, 5.74) is 6.53. The van der Waals surface area contributed by atoms with Crippen LogP contribution in [0.3, 0.4) is 0 Å². The molecule has 17 nitrogen and oxygen atoms in total. The third-order valence-corrected chi connectivity index (χ3v) is 7.17. The molecule has 1 heterocycles. The number of nitrogens with one attached hydrogen (secondary N) is 4. The van der Waals surface area contributed by atoms with Crippen LogP contribution >= 0.6 is 0 Å². The molecule has 1 fully saturated rings. The van der Waals surface area contributed by atoms with Gasteiger partial charge in [-0.25, -0.2) is 14.5 Å². The van der Waals surface area contributed by atoms with Gasteiger partial charge in [0.25, 0.3) is 0 Å². The van der Waals surface area contributed by atoms with Crippen LogP contribution in [0.4, 0.5) is 27.5 Å². The van der Waals surface area contributed by atoms with Gasteiger partial charge in [-0.3, -0.25) is 24.0 Å². The number of amides is 6. The largest absolute Gasteiger partial charge is 0.464 e. The zero-order chi connectivity index (χ0) is 37.6. The maximum absolute atomic E-state index is 13.0. The lowest BCUT2D eigenvalue weighted by Crippen LogP contribution is -2.46. The van der Waals surface area contributed by atoms with E-state index in [1.807, 2.05) is 0 Å². The summed E-state index contributed by atoms with van der Waals surface area (Å²) in [7, 11) is 0. The average Bonchev–Trinajstić information content (AvgIpc) is 3.42. The van der Waals surface area contributed by atoms with Gasteiger partial charge in [0.1, 0.15) is 11.6 Å². The Bertz CT molecular complexity index is 1600. The van der Waals surface area contributed by atoms with Gasteiger partial charge >= 0.3 is 12.1 Å². The topological polar surface area (TPSA) is 240 Å². The van der Waals surface area contributed by atoms with Crippen molar-refractivity contribution in [1.82, 2.24) is 15.5 Å². The van der Waals surface area contributed by atoms with Crippen LogP contribution in [0.15, 0.2) is 58.8 Å². The molecule has 6 N–H and O–H groups in total. The number of anilines is 2. The molecule has 0 radical (unpaired) electrons. The fourth-order valence-corrected chi connectivity index (χ4v) is 4.81. The number of azo groups is 1. The van der Waals surface area contributed by atoms with E-state index in [9.17, 15) is 33.6 Å². The van der Waals surface area contributed by atoms with Gasteiger partial charge in [-0.2, -0.15) is 10.2 Å². The summed E-state index contributed by atoms with van der Waals surface area (Å²) in [6.45, 7) is 5.81. The first kappa shape index (κ1) is 39.7. The van der Waals surface area contributed by atoms with Gasteiger partial charge in [-0.05, 0) is 95.5 Å². The fraction of sp³-hybridized carbons (Fsp3) is 0.441. The number of carbonyl (C=O) groups excluding carboxylic acids is 7. The summed E-state index contributed by atoms with van der Waals surface area (Å²) >= 11 is 0. The number of nitrogens with zero attached hydrogens (tertiary/aromatic N) is 3. The van der Waals surface area contributed by atoms with Crippen molar-refractivity contribution in [2.75, 3.05) is 36.9 Å². The van der Waals surface area contributed by atoms with Crippen molar-refractivity contribution in [3.8, 4) is 0 Å². The summed E-state index contributed by atoms with van der Waals surface area (Å²) < 4.78 is 10.4. The molecule has 6 amide bonds. The Morgan fingerprint density at radius 3 is 1.88 bits per heavy atom. The van der Waals surface area contributed by atoms with Gasteiger partial charge in [-0.15, -0.1) is 0 Å². The highest BCUT2D eigenvalue weighted by Gasteiger charge is 2.48. The quantitative estimate of drug-likeness (QED) is 0.134. The van der Waals surface area contributed by atoms with Crippen LogP contribution in [0.5, 0.6) is 0 Å². The summed E-state index contributed by atoms with van der Waals surface area (Å²) in [5, 5.41) is 18.4. The van der Waals surface area contributed by atoms with Crippen molar-refractivity contribution in [1.29, 1.82) is 0 Å². The molecule has 2 atom stereocenters. The number of ether oxygens (including phenoxy) is 2. The zero-order valence-corrected chi connectivity index (χ0v) is 29.0. The van der Waals surface area contributed by atoms with E-state index in [0.29, 0.717) is 22.7 Å². The fourth-order valence-electron chi connectivity index (χ4n) is 4.81. The second-order valence-corrected chi connectivity index (χ2v) is 12.4. The summed E-state index contributed by atoms with van der Waals surface area (Å²) in [4.78, 5) is 87.2. The van der Waals surface area contributed by atoms with Crippen molar-refractivity contribution in [3.05, 3.63) is 48.5 Å². The maximum Gasteiger partial charge on any atom is 0.417 e. The molecule has 2 unspecified atom stereocenters. The minimum absolute atomic E-state index is 0.00915. The monoisotopic (exact) mass is 708 g/mol. The normalized spacial score (nSPS) is 15.6. The molecular formula is C34H44N8O9. The molecule has 274 valence electrons. The number of nitrogens with two attached hydrogens (primary N) is 1. The van der Waals surface area contributed by atoms with Gasteiger partial charge in [-0.1, -0.05) is 0 Å². The van der Waals surface area contributed by atoms with Crippen LogP contribution in [0, 0.1) is 5.92 Å². The molecule has 1 saturated heterocycles. The number of hydrogen-bond acceptors (Lipinski definition) is 12. The van der Waals surface area contributed by atoms with E-state index in [2.05, 4.69) is 31.5 Å². The third kappa shape index (κ3) is 13.3. The van der Waals surface area contributed by atoms with E-state index in [4.69, 9.17) is 15.2 Å². The van der Waals surface area contributed by atoms with Crippen LogP contribution < -0.4 is 27.0 Å². The minimum Gasteiger partial charge on any atom is -0.464 e. The number of rotatable bonds is 15. The molecule has 2 aromatic carbocycles. The van der Waals surface area contributed by atoms with Crippen molar-refractivity contribution in [2.24, 2.45) is 21.9 Å². The molecule has 0 saturated carbocycles. The van der Waals surface area contributed by atoms with Gasteiger partial charge in [0, 0.05) is 23.7 Å². The maximum atomic E-state index is 13.0. The van der Waals surface area contributed by atoms with Crippen LogP contribution in [0.1, 0.15) is 53.4 Å². The molecule has 1 aliphatic rings. The van der Waals surface area contributed by atoms with E-state index in [1.165, 1.54) is 0 Å². The summed E-state index contributed by atoms with van der Waals surface area (Å²) in [5.74, 6) is -3.80. The van der Waals surface area contributed by atoms with E-state index in [1.54, 1.807) is 76.2 Å². The second-order valence-electron chi connectivity index (χ2n) is 12.4. The van der Waals surface area contributed by atoms with Gasteiger partial charge in [0.2, 0.25) is 29.5 Å². The predicted molar refractivity (Wildman–Crippen MR) is 185 cm³/mol. The number of esters is 1. The number of likely N-dealkylation sites (tertiary alicyclic amines) is 1. The van der Waals surface area contributed by atoms with E-state index < -0.39 is 53.3 Å². The summed E-state index contributed by atoms with van der Waals surface area (Å²) in [6.07, 6.45) is -0.408. The van der Waals surface area contributed by atoms with Gasteiger partial charge < -0.3 is 36.5 Å². The lowest BCUT2D eigenvalue weighted by molar-refractivity contribution is -0.151. The first-order chi connectivity index (χ1) is 24.2. The number of imide groups is 1. The summed E-state index contributed by atoms with van der Waals surface area (Å²) in [6, 6.07) is 12.1. The van der Waals surface area contributed by atoms with Crippen molar-refractivity contribution >= 4 is 64.3 Å². The Morgan fingerprint density at radius 2 is 1.35 bits per heavy atom. The highest BCUT2D eigenvalue weighted by molar-refractivity contribution is 6.01. The molecule has 0 spiro atoms. The smallest absolute Gasteiger partial charge is 0.417 e. The lowest BCUT2D eigenvalue weighted by atomic mass is 9.98. The Balaban J connectivity index is 1.36. The Labute approximate surface area is 295 Å². The van der Waals surface area contributed by atoms with Crippen molar-refractivity contribution in [3.63, 3.8) is 0 Å². The average molecular weight is 709 g/mol. The van der Waals surface area contributed by atoms with E-state index >= 15 is 0 Å². The highest BCUT2D eigenvalue weighted by atomic mass is 16.6. The number of carbonyl (C=O) groups is 7. The molecule has 0 aromatic heterocycles. The molecule has 0 bridgehead atoms. The Morgan fingerprint density at radius 1 is 0.824 bits per heavy atom. The first-order valence-corrected chi connectivity index (χ1v) is 16.4. The molecule has 3 rings (SSSR count). The molecule has 0 aliphatic carbocycles. The number of benzene rings is 2. The van der Waals surface area contributed by atoms with Gasteiger partial charge in [0.15, 0.2) is 0 Å². The van der Waals surface area contributed by atoms with Gasteiger partial charge in [0.05, 0.1) is 37.6 Å². The van der Waals surface area contributed by atoms with E-state index in [-0.39, 0.29) is 57.8 Å². The second kappa shape index (κ2) is 18.9. The molecule has 2 aromatic rings. The van der Waals surface area contributed by atoms with Crippen LogP contribution in [-0.4, -0.2) is 84.4 Å². The van der Waals surface area contributed by atoms with E-state index in [0.717, 1.165) is 4.90 Å². The SMILES string of the molecule is CCOC(=O)C1CC(CCCC(=O)NCC(=O)NCC(=O)Nc2ccc(/N=N/c3ccc(NC(=O)CN)cc3)cc2)C(=O)N1C(=O)OC(C)(C)C. The first-order valence-electron chi connectivity index (χ1n) is 16.4. The van der Waals surface area contributed by atoms with Crippen molar-refractivity contribution < 1.29 is 43.0 Å². The molecule has 51 heavy (non-hydrogen) atoms.